The molecule has 4 atom stereocenters. The third-order valence-corrected chi connectivity index (χ3v) is 4.55. The number of ether oxygens (including phenoxy) is 4. The van der Waals surface area contributed by atoms with Crippen LogP contribution in [0.25, 0.3) is 0 Å². The molecular weight excluding hydrogens is 423 g/mol. The van der Waals surface area contributed by atoms with Gasteiger partial charge in [0.25, 0.3) is 5.69 Å². The van der Waals surface area contributed by atoms with E-state index in [9.17, 15) is 28.9 Å². The summed E-state index contributed by atoms with van der Waals surface area (Å²) in [6, 6.07) is 4.55. The summed E-state index contributed by atoms with van der Waals surface area (Å²) in [6.07, 6.45) is -4.87. The van der Waals surface area contributed by atoms with Crippen LogP contribution in [0.2, 0.25) is 0 Å². The first-order chi connectivity index (χ1) is 14.7. The van der Waals surface area contributed by atoms with Gasteiger partial charge in [-0.25, -0.2) is 18.8 Å². The van der Waals surface area contributed by atoms with Gasteiger partial charge in [-0.2, -0.15) is 4.98 Å². The number of aromatic nitrogens is 2. The summed E-state index contributed by atoms with van der Waals surface area (Å²) in [5.74, 6) is -1.86. The van der Waals surface area contributed by atoms with Gasteiger partial charge in [-0.3, -0.25) is 20.0 Å². The van der Waals surface area contributed by atoms with Crippen LogP contribution >= 0.6 is 0 Å². The van der Waals surface area contributed by atoms with Crippen LogP contribution in [0.1, 0.15) is 13.2 Å². The Labute approximate surface area is 171 Å². The van der Waals surface area contributed by atoms with Crippen molar-refractivity contribution in [2.45, 2.75) is 31.5 Å². The lowest BCUT2D eigenvalue weighted by Crippen LogP contribution is -2.35. The standard InChI is InChI=1S/C17H13FN4O9/c1-7-11-12(31-17(25)30-11)14(28-7)21-6-10(18)13(19-15(21)23)20-16(24)29-9-4-2-8(3-5-9)22(26)27/h2-7,11-12,14H,1H3,(H,19,20,23,24)/t7-,11-,12-,14-/m1/s1. The zero-order chi connectivity index (χ0) is 22.3. The van der Waals surface area contributed by atoms with Crippen molar-refractivity contribution < 1.29 is 37.9 Å². The van der Waals surface area contributed by atoms with Crippen molar-refractivity contribution in [2.24, 2.45) is 0 Å². The van der Waals surface area contributed by atoms with Crippen molar-refractivity contribution in [1.82, 2.24) is 9.55 Å². The number of non-ortho nitro benzene ring substituents is 1. The highest BCUT2D eigenvalue weighted by molar-refractivity contribution is 5.85. The first-order valence-corrected chi connectivity index (χ1v) is 8.77. The van der Waals surface area contributed by atoms with Gasteiger partial charge in [-0.05, 0) is 19.1 Å². The molecule has 4 rings (SSSR count). The molecule has 0 spiro atoms. The molecule has 2 aromatic rings. The highest BCUT2D eigenvalue weighted by Crippen LogP contribution is 2.37. The van der Waals surface area contributed by atoms with Crippen molar-refractivity contribution in [3.63, 3.8) is 0 Å². The Bertz CT molecular complexity index is 1120. The second-order valence-corrected chi connectivity index (χ2v) is 6.54. The molecule has 0 unspecified atom stereocenters. The van der Waals surface area contributed by atoms with Gasteiger partial charge < -0.3 is 18.9 Å². The van der Waals surface area contributed by atoms with E-state index < -0.39 is 59.0 Å². The van der Waals surface area contributed by atoms with E-state index in [0.717, 1.165) is 22.9 Å². The number of halogens is 1. The summed E-state index contributed by atoms with van der Waals surface area (Å²) in [5, 5.41) is 12.6. The highest BCUT2D eigenvalue weighted by Gasteiger charge is 2.53. The molecule has 2 aliphatic rings. The number of carbonyl (C=O) groups excluding carboxylic acids is 2. The fraction of sp³-hybridized carbons (Fsp3) is 0.294. The Hall–Kier alpha value is -4.07. The number of anilines is 1. The lowest BCUT2D eigenvalue weighted by atomic mass is 10.1. The summed E-state index contributed by atoms with van der Waals surface area (Å²) in [4.78, 5) is 49.1. The second kappa shape index (κ2) is 7.64. The van der Waals surface area contributed by atoms with E-state index in [4.69, 9.17) is 18.9 Å². The minimum absolute atomic E-state index is 0.0562. The third kappa shape index (κ3) is 3.87. The van der Waals surface area contributed by atoms with Gasteiger partial charge in [0.2, 0.25) is 0 Å². The van der Waals surface area contributed by atoms with E-state index in [1.807, 2.05) is 5.32 Å². The number of nitro benzene ring substituents is 1. The van der Waals surface area contributed by atoms with Gasteiger partial charge in [0.1, 0.15) is 5.75 Å². The normalized spacial score (nSPS) is 24.1. The summed E-state index contributed by atoms with van der Waals surface area (Å²) < 4.78 is 35.6. The van der Waals surface area contributed by atoms with Gasteiger partial charge >= 0.3 is 17.9 Å². The molecular formula is C17H13FN4O9. The second-order valence-electron chi connectivity index (χ2n) is 6.54. The molecule has 2 aliphatic heterocycles. The van der Waals surface area contributed by atoms with E-state index in [-0.39, 0.29) is 11.4 Å². The van der Waals surface area contributed by atoms with Crippen molar-refractivity contribution in [1.29, 1.82) is 0 Å². The Morgan fingerprint density at radius 3 is 2.61 bits per heavy atom. The SMILES string of the molecule is C[C@H]1O[C@@H](n2cc(F)c(NC(=O)Oc3ccc([N+](=O)[O-])cc3)nc2=O)[C@@H]2OC(=O)O[C@@H]21. The molecule has 3 heterocycles. The lowest BCUT2D eigenvalue weighted by molar-refractivity contribution is -0.384. The minimum atomic E-state index is -1.18. The van der Waals surface area contributed by atoms with Crippen LogP contribution in [0.3, 0.4) is 0 Å². The van der Waals surface area contributed by atoms with Crippen molar-refractivity contribution in [3.8, 4) is 5.75 Å². The van der Waals surface area contributed by atoms with E-state index in [1.165, 1.54) is 12.1 Å². The molecule has 0 aliphatic carbocycles. The van der Waals surface area contributed by atoms with Crippen LogP contribution in [0.15, 0.2) is 35.3 Å². The van der Waals surface area contributed by atoms with Gasteiger partial charge in [0, 0.05) is 12.1 Å². The number of nitro groups is 1. The number of rotatable bonds is 4. The molecule has 0 saturated carbocycles. The van der Waals surface area contributed by atoms with Crippen LogP contribution < -0.4 is 15.7 Å². The van der Waals surface area contributed by atoms with E-state index in [2.05, 4.69) is 4.98 Å². The Balaban J connectivity index is 1.48. The summed E-state index contributed by atoms with van der Waals surface area (Å²) in [5.41, 5.74) is -1.21. The zero-order valence-electron chi connectivity index (χ0n) is 15.6. The molecule has 2 saturated heterocycles. The summed E-state index contributed by atoms with van der Waals surface area (Å²) in [7, 11) is 0. The number of carbonyl (C=O) groups is 2. The average molecular weight is 436 g/mol. The van der Waals surface area contributed by atoms with E-state index in [0.29, 0.717) is 0 Å². The number of nitrogens with zero attached hydrogens (tertiary/aromatic N) is 3. The molecule has 1 amide bonds. The molecule has 1 aromatic carbocycles. The number of hydrogen-bond donors (Lipinski definition) is 1. The van der Waals surface area contributed by atoms with Crippen LogP contribution in [-0.4, -0.2) is 45.0 Å². The molecule has 13 nitrogen and oxygen atoms in total. The molecule has 0 radical (unpaired) electrons. The molecule has 14 heteroatoms. The van der Waals surface area contributed by atoms with E-state index in [1.54, 1.807) is 6.92 Å². The molecule has 31 heavy (non-hydrogen) atoms. The number of hydrogen-bond acceptors (Lipinski definition) is 10. The highest BCUT2D eigenvalue weighted by atomic mass is 19.1. The van der Waals surface area contributed by atoms with Gasteiger partial charge in [-0.1, -0.05) is 0 Å². The summed E-state index contributed by atoms with van der Waals surface area (Å²) in [6.45, 7) is 1.60. The molecule has 0 bridgehead atoms. The predicted molar refractivity (Wildman–Crippen MR) is 95.9 cm³/mol. The minimum Gasteiger partial charge on any atom is -0.424 e. The van der Waals surface area contributed by atoms with Gasteiger partial charge in [0.15, 0.2) is 30.1 Å². The number of amides is 1. The maximum Gasteiger partial charge on any atom is 0.509 e. The number of benzene rings is 1. The predicted octanol–water partition coefficient (Wildman–Crippen LogP) is 1.72. The topological polar surface area (TPSA) is 161 Å². The number of nitrogens with one attached hydrogen (secondary N) is 1. The zero-order valence-corrected chi connectivity index (χ0v) is 15.6. The van der Waals surface area contributed by atoms with Crippen LogP contribution in [0.5, 0.6) is 5.75 Å². The van der Waals surface area contributed by atoms with E-state index >= 15 is 0 Å². The molecule has 1 N–H and O–H groups in total. The Kier molecular flexibility index (Phi) is 4.98. The maximum atomic E-state index is 14.5. The van der Waals surface area contributed by atoms with Crippen molar-refractivity contribution in [3.05, 3.63) is 56.9 Å². The van der Waals surface area contributed by atoms with Gasteiger partial charge in [-0.15, -0.1) is 0 Å². The van der Waals surface area contributed by atoms with Crippen LogP contribution in [0.4, 0.5) is 25.5 Å². The van der Waals surface area contributed by atoms with Crippen LogP contribution in [0, 0.1) is 15.9 Å². The van der Waals surface area contributed by atoms with Gasteiger partial charge in [0.05, 0.1) is 17.2 Å². The molecule has 162 valence electrons. The average Bonchev–Trinajstić information content (AvgIpc) is 3.23. The molecule has 2 fully saturated rings. The summed E-state index contributed by atoms with van der Waals surface area (Å²) >= 11 is 0. The fourth-order valence-corrected chi connectivity index (χ4v) is 3.15. The van der Waals surface area contributed by atoms with Crippen molar-refractivity contribution >= 4 is 23.8 Å². The van der Waals surface area contributed by atoms with Crippen molar-refractivity contribution in [2.75, 3.05) is 5.32 Å². The van der Waals surface area contributed by atoms with Crippen LogP contribution in [-0.2, 0) is 14.2 Å². The maximum absolute atomic E-state index is 14.5. The molecule has 1 aromatic heterocycles. The largest absolute Gasteiger partial charge is 0.509 e. The third-order valence-electron chi connectivity index (χ3n) is 4.55. The quantitative estimate of drug-likeness (QED) is 0.424. The first-order valence-electron chi connectivity index (χ1n) is 8.77. The lowest BCUT2D eigenvalue weighted by Gasteiger charge is -2.18. The number of fused-ring (bicyclic) bond motifs is 1. The fourth-order valence-electron chi connectivity index (χ4n) is 3.15. The smallest absolute Gasteiger partial charge is 0.424 e. The Morgan fingerprint density at radius 2 is 1.94 bits per heavy atom. The monoisotopic (exact) mass is 436 g/mol. The first kappa shape index (κ1) is 20.2. The Morgan fingerprint density at radius 1 is 1.26 bits per heavy atom.